The molecule has 0 saturated carbocycles. The molecule has 1 N–H and O–H groups in total. The zero-order valence-corrected chi connectivity index (χ0v) is 16.7. The van der Waals surface area contributed by atoms with Gasteiger partial charge in [0.1, 0.15) is 17.1 Å². The predicted molar refractivity (Wildman–Crippen MR) is 107 cm³/mol. The van der Waals surface area contributed by atoms with Crippen molar-refractivity contribution in [3.05, 3.63) is 35.7 Å². The van der Waals surface area contributed by atoms with Gasteiger partial charge in [-0.25, -0.2) is 4.98 Å². The zero-order valence-electron chi connectivity index (χ0n) is 15.9. The standard InChI is InChI=1S/C20H24N4O2S/c1-13-17(22-18(26-13)15-4-6-16(27-3)7-5-15)12-24-10-8-20(9-11-24)19(25)21-14(2)23-20/h4-7H,8-12H2,1-3H3,(H,21,23,25). The number of thioether (sulfide) groups is 1. The number of carbonyl (C=O) groups excluding carboxylic acids is 1. The van der Waals surface area contributed by atoms with Crippen LogP contribution in [-0.4, -0.2) is 46.5 Å². The number of aliphatic imine (C=N–C) groups is 1. The lowest BCUT2D eigenvalue weighted by Crippen LogP contribution is -2.48. The Labute approximate surface area is 163 Å². The van der Waals surface area contributed by atoms with Crippen molar-refractivity contribution < 1.29 is 9.21 Å². The van der Waals surface area contributed by atoms with Gasteiger partial charge in [-0.1, -0.05) is 0 Å². The normalized spacial score (nSPS) is 19.4. The number of nitrogens with zero attached hydrogens (tertiary/aromatic N) is 3. The van der Waals surface area contributed by atoms with Gasteiger partial charge in [-0.05, 0) is 57.2 Å². The van der Waals surface area contributed by atoms with Crippen molar-refractivity contribution in [2.45, 2.75) is 43.7 Å². The fraction of sp³-hybridized carbons (Fsp3) is 0.450. The summed E-state index contributed by atoms with van der Waals surface area (Å²) in [6.07, 6.45) is 3.55. The highest BCUT2D eigenvalue weighted by Gasteiger charge is 2.44. The van der Waals surface area contributed by atoms with E-state index in [1.54, 1.807) is 11.8 Å². The molecule has 0 atom stereocenters. The van der Waals surface area contributed by atoms with Crippen LogP contribution in [0.25, 0.3) is 11.5 Å². The summed E-state index contributed by atoms with van der Waals surface area (Å²) in [6.45, 7) is 6.21. The molecule has 142 valence electrons. The lowest BCUT2D eigenvalue weighted by molar-refractivity contribution is -0.125. The summed E-state index contributed by atoms with van der Waals surface area (Å²) in [6, 6.07) is 8.26. The average molecular weight is 385 g/mol. The van der Waals surface area contributed by atoms with E-state index in [1.165, 1.54) is 4.90 Å². The van der Waals surface area contributed by atoms with E-state index in [0.717, 1.165) is 55.3 Å². The van der Waals surface area contributed by atoms with E-state index in [-0.39, 0.29) is 5.91 Å². The number of benzene rings is 1. The minimum Gasteiger partial charge on any atom is -0.441 e. The number of likely N-dealkylation sites (tertiary alicyclic amines) is 1. The second-order valence-electron chi connectivity index (χ2n) is 7.21. The Kier molecular flexibility index (Phi) is 4.82. The fourth-order valence-electron chi connectivity index (χ4n) is 3.74. The SMILES string of the molecule is CSc1ccc(-c2nc(CN3CCC4(CC3)N=C(C)NC4=O)c(C)o2)cc1. The van der Waals surface area contributed by atoms with Crippen LogP contribution in [0.2, 0.25) is 0 Å². The number of hydrogen-bond acceptors (Lipinski definition) is 6. The van der Waals surface area contributed by atoms with Crippen LogP contribution in [0.5, 0.6) is 0 Å². The van der Waals surface area contributed by atoms with Gasteiger partial charge in [-0.15, -0.1) is 11.8 Å². The lowest BCUT2D eigenvalue weighted by Gasteiger charge is -2.35. The van der Waals surface area contributed by atoms with Crippen LogP contribution in [0.4, 0.5) is 0 Å². The van der Waals surface area contributed by atoms with Gasteiger partial charge >= 0.3 is 0 Å². The van der Waals surface area contributed by atoms with Crippen molar-refractivity contribution in [3.8, 4) is 11.5 Å². The molecule has 1 aromatic carbocycles. The van der Waals surface area contributed by atoms with Crippen LogP contribution in [0.15, 0.2) is 38.6 Å². The van der Waals surface area contributed by atoms with Crippen LogP contribution in [0.1, 0.15) is 31.2 Å². The Morgan fingerprint density at radius 1 is 1.22 bits per heavy atom. The van der Waals surface area contributed by atoms with Gasteiger partial charge in [0.15, 0.2) is 0 Å². The number of aryl methyl sites for hydroxylation is 1. The molecule has 27 heavy (non-hydrogen) atoms. The van der Waals surface area contributed by atoms with Gasteiger partial charge in [0, 0.05) is 30.1 Å². The van der Waals surface area contributed by atoms with Gasteiger partial charge in [-0.3, -0.25) is 14.7 Å². The Hall–Kier alpha value is -2.12. The first-order valence-corrected chi connectivity index (χ1v) is 10.4. The molecule has 3 heterocycles. The van der Waals surface area contributed by atoms with Crippen LogP contribution >= 0.6 is 11.8 Å². The number of amidine groups is 1. The van der Waals surface area contributed by atoms with Crippen LogP contribution in [-0.2, 0) is 11.3 Å². The molecule has 4 rings (SSSR count). The topological polar surface area (TPSA) is 70.7 Å². The first-order valence-electron chi connectivity index (χ1n) is 9.20. The van der Waals surface area contributed by atoms with Crippen molar-refractivity contribution in [1.82, 2.24) is 15.2 Å². The fourth-order valence-corrected chi connectivity index (χ4v) is 4.15. The Morgan fingerprint density at radius 3 is 2.52 bits per heavy atom. The number of carbonyl (C=O) groups is 1. The lowest BCUT2D eigenvalue weighted by atomic mass is 9.88. The first kappa shape index (κ1) is 18.3. The maximum Gasteiger partial charge on any atom is 0.253 e. The molecule has 2 aromatic rings. The van der Waals surface area contributed by atoms with Crippen LogP contribution in [0.3, 0.4) is 0 Å². The van der Waals surface area contributed by atoms with Crippen molar-refractivity contribution >= 4 is 23.5 Å². The number of rotatable bonds is 4. The number of aromatic nitrogens is 1. The molecule has 7 heteroatoms. The third-order valence-corrected chi connectivity index (χ3v) is 6.13. The molecule has 6 nitrogen and oxygen atoms in total. The Morgan fingerprint density at radius 2 is 1.93 bits per heavy atom. The molecule has 1 amide bonds. The summed E-state index contributed by atoms with van der Waals surface area (Å²) in [5.74, 6) is 2.30. The summed E-state index contributed by atoms with van der Waals surface area (Å²) in [5.41, 5.74) is 1.40. The van der Waals surface area contributed by atoms with E-state index in [1.807, 2.05) is 26.0 Å². The monoisotopic (exact) mass is 384 g/mol. The van der Waals surface area contributed by atoms with E-state index in [4.69, 9.17) is 9.40 Å². The zero-order chi connectivity index (χ0) is 19.0. The molecule has 1 saturated heterocycles. The second-order valence-corrected chi connectivity index (χ2v) is 8.09. The molecular weight excluding hydrogens is 360 g/mol. The highest BCUT2D eigenvalue weighted by Crippen LogP contribution is 2.31. The van der Waals surface area contributed by atoms with E-state index < -0.39 is 5.54 Å². The summed E-state index contributed by atoms with van der Waals surface area (Å²) in [7, 11) is 0. The minimum atomic E-state index is -0.552. The van der Waals surface area contributed by atoms with Crippen molar-refractivity contribution in [3.63, 3.8) is 0 Å². The molecule has 2 aliphatic rings. The highest BCUT2D eigenvalue weighted by molar-refractivity contribution is 7.98. The van der Waals surface area contributed by atoms with Crippen LogP contribution in [0, 0.1) is 6.92 Å². The quantitative estimate of drug-likeness (QED) is 0.820. The highest BCUT2D eigenvalue weighted by atomic mass is 32.2. The Balaban J connectivity index is 1.43. The summed E-state index contributed by atoms with van der Waals surface area (Å²) in [5, 5.41) is 2.84. The van der Waals surface area contributed by atoms with Gasteiger partial charge in [-0.2, -0.15) is 0 Å². The van der Waals surface area contributed by atoms with E-state index in [0.29, 0.717) is 5.89 Å². The third-order valence-electron chi connectivity index (χ3n) is 5.39. The molecule has 1 aromatic heterocycles. The van der Waals surface area contributed by atoms with Gasteiger partial charge in [0.05, 0.1) is 5.69 Å². The minimum absolute atomic E-state index is 0.0493. The van der Waals surface area contributed by atoms with Crippen molar-refractivity contribution in [2.75, 3.05) is 19.3 Å². The van der Waals surface area contributed by atoms with Gasteiger partial charge in [0.25, 0.3) is 5.91 Å². The third kappa shape index (κ3) is 3.53. The van der Waals surface area contributed by atoms with E-state index >= 15 is 0 Å². The molecule has 0 aliphatic carbocycles. The average Bonchev–Trinajstić information content (AvgIpc) is 3.16. The molecule has 2 aliphatic heterocycles. The maximum absolute atomic E-state index is 12.2. The smallest absolute Gasteiger partial charge is 0.253 e. The number of hydrogen-bond donors (Lipinski definition) is 1. The summed E-state index contributed by atoms with van der Waals surface area (Å²) >= 11 is 1.72. The van der Waals surface area contributed by atoms with Gasteiger partial charge in [0.2, 0.25) is 5.89 Å². The van der Waals surface area contributed by atoms with E-state index in [2.05, 4.69) is 33.6 Å². The van der Waals surface area contributed by atoms with Crippen molar-refractivity contribution in [1.29, 1.82) is 0 Å². The first-order chi connectivity index (χ1) is 13.0. The van der Waals surface area contributed by atoms with E-state index in [9.17, 15) is 4.79 Å². The summed E-state index contributed by atoms with van der Waals surface area (Å²) < 4.78 is 5.91. The molecule has 1 spiro atoms. The molecule has 1 fully saturated rings. The molecule has 0 bridgehead atoms. The Bertz CT molecular complexity index is 880. The number of nitrogens with one attached hydrogen (secondary N) is 1. The summed E-state index contributed by atoms with van der Waals surface area (Å²) in [4.78, 5) is 25.1. The second kappa shape index (κ2) is 7.13. The molecule has 0 radical (unpaired) electrons. The maximum atomic E-state index is 12.2. The van der Waals surface area contributed by atoms with Crippen LogP contribution < -0.4 is 5.32 Å². The largest absolute Gasteiger partial charge is 0.441 e. The predicted octanol–water partition coefficient (Wildman–Crippen LogP) is 3.25. The molecule has 0 unspecified atom stereocenters. The van der Waals surface area contributed by atoms with Crippen molar-refractivity contribution in [2.24, 2.45) is 4.99 Å². The number of piperidine rings is 1. The molecular formula is C20H24N4O2S. The van der Waals surface area contributed by atoms with Gasteiger partial charge < -0.3 is 9.73 Å². The number of oxazole rings is 1. The number of amides is 1.